The first kappa shape index (κ1) is 14.6. The molecule has 10 nitrogen and oxygen atoms in total. The lowest BCUT2D eigenvalue weighted by atomic mass is 10.3. The van der Waals surface area contributed by atoms with E-state index < -0.39 is 17.5 Å². The van der Waals surface area contributed by atoms with Crippen molar-refractivity contribution in [3.05, 3.63) is 10.4 Å². The number of carbonyl (C=O) groups is 2. The highest BCUT2D eigenvalue weighted by Gasteiger charge is 2.30. The van der Waals surface area contributed by atoms with Gasteiger partial charge in [-0.05, 0) is 0 Å². The number of anilines is 3. The molecule has 0 saturated heterocycles. The summed E-state index contributed by atoms with van der Waals surface area (Å²) in [7, 11) is 0. The molecular weight excluding hydrogens is 282 g/mol. The van der Waals surface area contributed by atoms with Gasteiger partial charge in [0.25, 0.3) is 5.56 Å². The lowest BCUT2D eigenvalue weighted by Gasteiger charge is -2.19. The van der Waals surface area contributed by atoms with Crippen LogP contribution in [0.15, 0.2) is 4.79 Å². The fourth-order valence-electron chi connectivity index (χ4n) is 2.14. The van der Waals surface area contributed by atoms with Gasteiger partial charge in [-0.15, -0.1) is 0 Å². The molecule has 0 fully saturated rings. The van der Waals surface area contributed by atoms with Crippen LogP contribution < -0.4 is 21.1 Å². The molecule has 0 amide bonds. The molecule has 2 rings (SSSR count). The van der Waals surface area contributed by atoms with Gasteiger partial charge in [-0.25, -0.2) is 0 Å². The molecule has 0 spiro atoms. The van der Waals surface area contributed by atoms with E-state index in [1.807, 2.05) is 0 Å². The third kappa shape index (κ3) is 3.22. The van der Waals surface area contributed by atoms with Crippen molar-refractivity contribution in [3.8, 4) is 0 Å². The number of rotatable bonds is 6. The molecule has 2 heterocycles. The number of H-pyrrole nitrogens is 1. The number of nitrogen functional groups attached to an aromatic ring is 1. The maximum absolute atomic E-state index is 12.0. The number of aliphatic carboxylic acids is 2. The van der Waals surface area contributed by atoms with Gasteiger partial charge in [-0.3, -0.25) is 19.4 Å². The van der Waals surface area contributed by atoms with Crippen molar-refractivity contribution in [2.24, 2.45) is 0 Å². The molecule has 114 valence electrons. The van der Waals surface area contributed by atoms with E-state index in [0.29, 0.717) is 0 Å². The minimum absolute atomic E-state index is 0.0702. The van der Waals surface area contributed by atoms with Gasteiger partial charge in [0.1, 0.15) is 5.69 Å². The van der Waals surface area contributed by atoms with Crippen molar-refractivity contribution >= 4 is 29.4 Å². The van der Waals surface area contributed by atoms with Crippen molar-refractivity contribution in [1.29, 1.82) is 0 Å². The Kier molecular flexibility index (Phi) is 3.96. The van der Waals surface area contributed by atoms with Gasteiger partial charge in [-0.2, -0.15) is 4.98 Å². The minimum atomic E-state index is -0.986. The lowest BCUT2D eigenvalue weighted by molar-refractivity contribution is -0.137. The maximum Gasteiger partial charge on any atom is 0.305 e. The summed E-state index contributed by atoms with van der Waals surface area (Å²) in [6, 6.07) is 0. The van der Waals surface area contributed by atoms with Crippen LogP contribution in [0.4, 0.5) is 17.5 Å². The van der Waals surface area contributed by atoms with Crippen LogP contribution in [-0.2, 0) is 9.59 Å². The number of aromatic amines is 1. The molecule has 5 N–H and O–H groups in total. The summed E-state index contributed by atoms with van der Waals surface area (Å²) in [5.74, 6) is -1.75. The number of nitrogens with zero attached hydrogens (tertiary/aromatic N) is 3. The van der Waals surface area contributed by atoms with E-state index in [2.05, 4.69) is 9.97 Å². The Morgan fingerprint density at radius 3 is 2.33 bits per heavy atom. The zero-order valence-electron chi connectivity index (χ0n) is 11.1. The molecule has 1 aliphatic rings. The quantitative estimate of drug-likeness (QED) is 0.511. The molecule has 0 atom stereocenters. The van der Waals surface area contributed by atoms with Crippen molar-refractivity contribution in [1.82, 2.24) is 9.97 Å². The van der Waals surface area contributed by atoms with Gasteiger partial charge in [0, 0.05) is 13.1 Å². The number of hydrogen-bond acceptors (Lipinski definition) is 7. The van der Waals surface area contributed by atoms with Crippen LogP contribution in [0.5, 0.6) is 0 Å². The first-order valence-electron chi connectivity index (χ1n) is 6.21. The summed E-state index contributed by atoms with van der Waals surface area (Å²) in [6.07, 6.45) is -0.267. The highest BCUT2D eigenvalue weighted by Crippen LogP contribution is 2.30. The molecule has 0 aromatic carbocycles. The molecule has 0 bridgehead atoms. The number of aromatic nitrogens is 2. The van der Waals surface area contributed by atoms with E-state index in [1.165, 1.54) is 0 Å². The molecule has 0 unspecified atom stereocenters. The Bertz CT molecular complexity index is 628. The van der Waals surface area contributed by atoms with Crippen molar-refractivity contribution in [3.63, 3.8) is 0 Å². The van der Waals surface area contributed by atoms with Crippen LogP contribution >= 0.6 is 0 Å². The molecule has 10 heteroatoms. The Morgan fingerprint density at radius 2 is 1.76 bits per heavy atom. The summed E-state index contributed by atoms with van der Waals surface area (Å²) < 4.78 is 0. The van der Waals surface area contributed by atoms with Crippen LogP contribution in [0.1, 0.15) is 12.8 Å². The third-order valence-corrected chi connectivity index (χ3v) is 3.04. The summed E-state index contributed by atoms with van der Waals surface area (Å²) in [5, 5.41) is 17.5. The van der Waals surface area contributed by atoms with Gasteiger partial charge in [0.2, 0.25) is 5.95 Å². The third-order valence-electron chi connectivity index (χ3n) is 3.04. The number of nitrogens with two attached hydrogens (primary N) is 1. The van der Waals surface area contributed by atoms with Crippen molar-refractivity contribution < 1.29 is 19.8 Å². The van der Waals surface area contributed by atoms with E-state index in [9.17, 15) is 14.4 Å². The zero-order valence-corrected chi connectivity index (χ0v) is 11.1. The molecule has 1 aliphatic heterocycles. The standard InChI is InChI=1S/C11H15N5O5/c12-11-13-9-8(10(21)14-11)15(3-1-6(17)18)5-16(9)4-2-7(19)20/h1-5H2,(H,17,18)(H,19,20)(H3,12,13,14,21). The van der Waals surface area contributed by atoms with E-state index in [0.717, 1.165) is 0 Å². The molecule has 21 heavy (non-hydrogen) atoms. The van der Waals surface area contributed by atoms with Crippen LogP contribution in [0.3, 0.4) is 0 Å². The minimum Gasteiger partial charge on any atom is -0.481 e. The average Bonchev–Trinajstić information content (AvgIpc) is 2.72. The molecule has 1 aromatic heterocycles. The smallest absolute Gasteiger partial charge is 0.305 e. The first-order valence-corrected chi connectivity index (χ1v) is 6.21. The number of carboxylic acid groups (broad SMARTS) is 2. The van der Waals surface area contributed by atoms with Gasteiger partial charge in [-0.1, -0.05) is 0 Å². The van der Waals surface area contributed by atoms with Gasteiger partial charge in [0.15, 0.2) is 5.82 Å². The SMILES string of the molecule is Nc1nc2c(c(=O)[nH]1)N(CCC(=O)O)CN2CCC(=O)O. The fraction of sp³-hybridized carbons (Fsp3) is 0.455. The van der Waals surface area contributed by atoms with Crippen molar-refractivity contribution in [2.45, 2.75) is 12.8 Å². The van der Waals surface area contributed by atoms with Crippen LogP contribution in [0, 0.1) is 0 Å². The average molecular weight is 297 g/mol. The summed E-state index contributed by atoms with van der Waals surface area (Å²) in [5.41, 5.74) is 5.24. The topological polar surface area (TPSA) is 153 Å². The second-order valence-electron chi connectivity index (χ2n) is 4.58. The number of nitrogens with one attached hydrogen (secondary N) is 1. The van der Waals surface area contributed by atoms with Crippen LogP contribution in [-0.4, -0.2) is 51.9 Å². The summed E-state index contributed by atoms with van der Waals surface area (Å²) in [6.45, 7) is 0.484. The van der Waals surface area contributed by atoms with E-state index in [4.69, 9.17) is 15.9 Å². The maximum atomic E-state index is 12.0. The molecule has 0 saturated carbocycles. The number of fused-ring (bicyclic) bond motifs is 1. The van der Waals surface area contributed by atoms with Crippen molar-refractivity contribution in [2.75, 3.05) is 35.3 Å². The Morgan fingerprint density at radius 1 is 1.19 bits per heavy atom. The predicted octanol–water partition coefficient (Wildman–Crippen LogP) is -1.11. The Labute approximate surface area is 118 Å². The summed E-state index contributed by atoms with van der Waals surface area (Å²) >= 11 is 0. The Hall–Kier alpha value is -2.78. The van der Waals surface area contributed by atoms with E-state index in [-0.39, 0.29) is 50.1 Å². The van der Waals surface area contributed by atoms with E-state index in [1.54, 1.807) is 9.80 Å². The Balaban J connectivity index is 2.28. The molecular formula is C11H15N5O5. The number of hydrogen-bond donors (Lipinski definition) is 4. The largest absolute Gasteiger partial charge is 0.481 e. The molecule has 1 aromatic rings. The second kappa shape index (κ2) is 5.69. The highest BCUT2D eigenvalue weighted by atomic mass is 16.4. The van der Waals surface area contributed by atoms with Gasteiger partial charge < -0.3 is 25.7 Å². The zero-order chi connectivity index (χ0) is 15.6. The monoisotopic (exact) mass is 297 g/mol. The predicted molar refractivity (Wildman–Crippen MR) is 73.3 cm³/mol. The second-order valence-corrected chi connectivity index (χ2v) is 4.58. The fourth-order valence-corrected chi connectivity index (χ4v) is 2.14. The van der Waals surface area contributed by atoms with Crippen LogP contribution in [0.25, 0.3) is 0 Å². The number of carboxylic acids is 2. The van der Waals surface area contributed by atoms with E-state index >= 15 is 0 Å². The van der Waals surface area contributed by atoms with Gasteiger partial charge >= 0.3 is 11.9 Å². The molecule has 0 aliphatic carbocycles. The normalized spacial score (nSPS) is 13.3. The van der Waals surface area contributed by atoms with Gasteiger partial charge in [0.05, 0.1) is 19.5 Å². The molecule has 0 radical (unpaired) electrons. The summed E-state index contributed by atoms with van der Waals surface area (Å²) in [4.78, 5) is 42.8. The lowest BCUT2D eigenvalue weighted by Crippen LogP contribution is -2.34. The highest BCUT2D eigenvalue weighted by molar-refractivity contribution is 5.75. The first-order chi connectivity index (χ1) is 9.88. The van der Waals surface area contributed by atoms with Crippen LogP contribution in [0.2, 0.25) is 0 Å².